The number of carbonyl (C=O) groups excluding carboxylic acids is 1. The highest BCUT2D eigenvalue weighted by Crippen LogP contribution is 2.41. The molecule has 2 unspecified atom stereocenters. The summed E-state index contributed by atoms with van der Waals surface area (Å²) in [5.41, 5.74) is -4.52. The van der Waals surface area contributed by atoms with Crippen molar-refractivity contribution in [2.24, 2.45) is 10.2 Å². The van der Waals surface area contributed by atoms with Gasteiger partial charge in [0.25, 0.3) is 5.13 Å². The van der Waals surface area contributed by atoms with Crippen molar-refractivity contribution in [2.75, 3.05) is 16.2 Å². The van der Waals surface area contributed by atoms with E-state index in [0.29, 0.717) is 25.1 Å². The van der Waals surface area contributed by atoms with Crippen molar-refractivity contribution < 1.29 is 31.1 Å². The number of rotatable bonds is 10. The van der Waals surface area contributed by atoms with Gasteiger partial charge in [-0.2, -0.15) is 21.6 Å². The van der Waals surface area contributed by atoms with Crippen LogP contribution in [-0.4, -0.2) is 48.8 Å². The van der Waals surface area contributed by atoms with E-state index in [1.54, 1.807) is 11.6 Å². The summed E-state index contributed by atoms with van der Waals surface area (Å²) in [5.74, 6) is -0.679. The fraction of sp³-hybridized carbons (Fsp3) is 0.591. The Kier molecular flexibility index (Phi) is 9.10. The van der Waals surface area contributed by atoms with Gasteiger partial charge in [-0.3, -0.25) is 4.72 Å². The highest BCUT2D eigenvalue weighted by molar-refractivity contribution is 7.93. The van der Waals surface area contributed by atoms with E-state index in [-0.39, 0.29) is 33.7 Å². The number of fused-ring (bicyclic) bond motifs is 1. The SMILES string of the molecule is CCCN1c2cc(NS(=O)(=O)C(F)(F)F)c(N=Nc3nnc(C(=O)OC(C)CC)s3)cc2CCC1CC. The minimum absolute atomic E-state index is 0.0443. The first-order valence-corrected chi connectivity index (χ1v) is 14.2. The minimum atomic E-state index is -5.71. The highest BCUT2D eigenvalue weighted by Gasteiger charge is 2.46. The fourth-order valence-corrected chi connectivity index (χ4v) is 4.97. The average Bonchev–Trinajstić information content (AvgIpc) is 3.31. The Balaban J connectivity index is 2.00. The number of hydrogen-bond donors (Lipinski definition) is 1. The summed E-state index contributed by atoms with van der Waals surface area (Å²) in [6.07, 6.45) is 3.42. The summed E-state index contributed by atoms with van der Waals surface area (Å²) >= 11 is 0.791. The summed E-state index contributed by atoms with van der Waals surface area (Å²) in [7, 11) is -5.71. The van der Waals surface area contributed by atoms with Gasteiger partial charge in [-0.15, -0.1) is 20.4 Å². The Morgan fingerprint density at radius 2 is 2.00 bits per heavy atom. The number of anilines is 2. The molecule has 10 nitrogen and oxygen atoms in total. The molecule has 2 aromatic rings. The van der Waals surface area contributed by atoms with Gasteiger partial charge in [-0.05, 0) is 56.7 Å². The normalized spacial score (nSPS) is 17.1. The molecule has 2 heterocycles. The van der Waals surface area contributed by atoms with Crippen LogP contribution in [0.25, 0.3) is 0 Å². The lowest BCUT2D eigenvalue weighted by atomic mass is 9.93. The molecular formula is C22H29F3N6O4S2. The van der Waals surface area contributed by atoms with Crippen LogP contribution in [0.1, 0.15) is 68.7 Å². The van der Waals surface area contributed by atoms with Gasteiger partial charge in [-0.1, -0.05) is 32.1 Å². The molecular weight excluding hydrogens is 533 g/mol. The number of halogens is 3. The summed E-state index contributed by atoms with van der Waals surface area (Å²) in [6, 6.07) is 3.09. The number of carbonyl (C=O) groups is 1. The summed E-state index contributed by atoms with van der Waals surface area (Å²) < 4.78 is 70.2. The van der Waals surface area contributed by atoms with E-state index < -0.39 is 21.5 Å². The number of aryl methyl sites for hydroxylation is 1. The Morgan fingerprint density at radius 1 is 1.27 bits per heavy atom. The molecule has 0 amide bonds. The lowest BCUT2D eigenvalue weighted by Gasteiger charge is -2.39. The number of nitrogens with zero attached hydrogens (tertiary/aromatic N) is 5. The number of azo groups is 1. The van der Waals surface area contributed by atoms with Crippen LogP contribution in [0.2, 0.25) is 0 Å². The predicted molar refractivity (Wildman–Crippen MR) is 134 cm³/mol. The van der Waals surface area contributed by atoms with Crippen LogP contribution >= 0.6 is 11.3 Å². The molecule has 1 N–H and O–H groups in total. The van der Waals surface area contributed by atoms with E-state index in [1.165, 1.54) is 12.1 Å². The monoisotopic (exact) mass is 562 g/mol. The summed E-state index contributed by atoms with van der Waals surface area (Å²) in [4.78, 5) is 14.2. The maximum absolute atomic E-state index is 13.2. The van der Waals surface area contributed by atoms with Gasteiger partial charge in [0, 0.05) is 18.3 Å². The number of nitrogens with one attached hydrogen (secondary N) is 1. The van der Waals surface area contributed by atoms with Gasteiger partial charge >= 0.3 is 21.5 Å². The van der Waals surface area contributed by atoms with Crippen molar-refractivity contribution in [3.63, 3.8) is 0 Å². The van der Waals surface area contributed by atoms with Crippen molar-refractivity contribution in [3.05, 3.63) is 22.7 Å². The standard InChI is InChI=1S/C22H29F3N6O4S2/c1-5-10-31-15(7-3)9-8-14-11-16(17(12-18(14)31)30-37(33,34)22(23,24)25)26-28-21-29-27-19(36-21)20(32)35-13(4)6-2/h11-13,15,30H,5-10H2,1-4H3. The number of aromatic nitrogens is 2. The summed E-state index contributed by atoms with van der Waals surface area (Å²) in [5, 5.41) is 15.3. The molecule has 1 aromatic heterocycles. The van der Waals surface area contributed by atoms with Crippen LogP contribution in [-0.2, 0) is 21.2 Å². The molecule has 37 heavy (non-hydrogen) atoms. The van der Waals surface area contributed by atoms with Gasteiger partial charge in [0.2, 0.25) is 5.01 Å². The van der Waals surface area contributed by atoms with Gasteiger partial charge < -0.3 is 9.64 Å². The number of esters is 1. The largest absolute Gasteiger partial charge is 0.516 e. The number of alkyl halides is 3. The zero-order chi connectivity index (χ0) is 27.4. The van der Waals surface area contributed by atoms with Crippen molar-refractivity contribution >= 4 is 49.5 Å². The molecule has 0 aliphatic carbocycles. The smallest absolute Gasteiger partial charge is 0.457 e. The molecule has 0 spiro atoms. The molecule has 0 radical (unpaired) electrons. The van der Waals surface area contributed by atoms with E-state index >= 15 is 0 Å². The Hall–Kier alpha value is -2.81. The second-order valence-electron chi connectivity index (χ2n) is 8.56. The molecule has 15 heteroatoms. The van der Waals surface area contributed by atoms with Crippen LogP contribution in [0, 0.1) is 0 Å². The molecule has 0 bridgehead atoms. The van der Waals surface area contributed by atoms with Crippen molar-refractivity contribution in [3.8, 4) is 0 Å². The maximum Gasteiger partial charge on any atom is 0.516 e. The van der Waals surface area contributed by atoms with Crippen LogP contribution in [0.4, 0.5) is 35.4 Å². The Morgan fingerprint density at radius 3 is 2.62 bits per heavy atom. The van der Waals surface area contributed by atoms with Gasteiger partial charge in [0.05, 0.1) is 11.8 Å². The zero-order valence-electron chi connectivity index (χ0n) is 20.9. The Labute approximate surface area is 217 Å². The van der Waals surface area contributed by atoms with Gasteiger partial charge in [0.1, 0.15) is 5.69 Å². The minimum Gasteiger partial charge on any atom is -0.457 e. The Bertz CT molecular complexity index is 1250. The number of sulfonamides is 1. The molecule has 1 aromatic carbocycles. The number of ether oxygens (including phenoxy) is 1. The third-order valence-corrected chi connectivity index (χ3v) is 7.78. The first-order valence-electron chi connectivity index (χ1n) is 11.9. The van der Waals surface area contributed by atoms with Crippen LogP contribution in [0.5, 0.6) is 0 Å². The van der Waals surface area contributed by atoms with E-state index in [0.717, 1.165) is 36.2 Å². The molecule has 2 atom stereocenters. The van der Waals surface area contributed by atoms with Crippen molar-refractivity contribution in [1.82, 2.24) is 10.2 Å². The molecule has 0 fully saturated rings. The lowest BCUT2D eigenvalue weighted by molar-refractivity contribution is -0.0429. The molecule has 204 valence electrons. The quantitative estimate of drug-likeness (QED) is 0.273. The number of benzene rings is 1. The lowest BCUT2D eigenvalue weighted by Crippen LogP contribution is -2.39. The van der Waals surface area contributed by atoms with Crippen LogP contribution in [0.3, 0.4) is 0 Å². The third-order valence-electron chi connectivity index (χ3n) is 5.89. The van der Waals surface area contributed by atoms with Crippen LogP contribution < -0.4 is 9.62 Å². The second kappa shape index (κ2) is 11.7. The number of hydrogen-bond acceptors (Lipinski definition) is 10. The average molecular weight is 563 g/mol. The maximum atomic E-state index is 13.2. The van der Waals surface area contributed by atoms with Gasteiger partial charge in [-0.25, -0.2) is 4.79 Å². The molecule has 3 rings (SSSR count). The second-order valence-corrected chi connectivity index (χ2v) is 11.2. The molecule has 0 saturated heterocycles. The predicted octanol–water partition coefficient (Wildman–Crippen LogP) is 6.11. The van der Waals surface area contributed by atoms with Gasteiger partial charge in [0.15, 0.2) is 0 Å². The molecule has 0 saturated carbocycles. The van der Waals surface area contributed by atoms with E-state index in [9.17, 15) is 26.4 Å². The topological polar surface area (TPSA) is 126 Å². The van der Waals surface area contributed by atoms with Crippen molar-refractivity contribution in [2.45, 2.75) is 77.5 Å². The first-order chi connectivity index (χ1) is 17.4. The molecule has 1 aliphatic heterocycles. The van der Waals surface area contributed by atoms with E-state index in [2.05, 4.69) is 25.3 Å². The van der Waals surface area contributed by atoms with Crippen LogP contribution in [0.15, 0.2) is 22.4 Å². The first kappa shape index (κ1) is 28.8. The highest BCUT2D eigenvalue weighted by atomic mass is 32.2. The third kappa shape index (κ3) is 6.74. The molecule has 1 aliphatic rings. The summed E-state index contributed by atoms with van der Waals surface area (Å²) in [6.45, 7) is 8.27. The van der Waals surface area contributed by atoms with E-state index in [1.807, 2.05) is 20.8 Å². The van der Waals surface area contributed by atoms with E-state index in [4.69, 9.17) is 4.74 Å². The van der Waals surface area contributed by atoms with Crippen molar-refractivity contribution in [1.29, 1.82) is 0 Å². The zero-order valence-corrected chi connectivity index (χ0v) is 22.5. The fourth-order valence-electron chi connectivity index (χ4n) is 3.85.